The van der Waals surface area contributed by atoms with Crippen LogP contribution in [0.5, 0.6) is 5.75 Å². The van der Waals surface area contributed by atoms with Crippen LogP contribution in [0.25, 0.3) is 0 Å². The number of hydrogen-bond donors (Lipinski definition) is 1. The Balaban J connectivity index is 2.15. The molecule has 1 aromatic rings. The summed E-state index contributed by atoms with van der Waals surface area (Å²) in [5.41, 5.74) is 1.03. The fraction of sp³-hybridized carbons (Fsp3) is 0.600. The monoisotopic (exact) mass is 248 g/mol. The molecule has 1 fully saturated rings. The van der Waals surface area contributed by atoms with Crippen molar-refractivity contribution in [2.45, 2.75) is 38.9 Å². The molecule has 1 N–H and O–H groups in total. The van der Waals surface area contributed by atoms with Gasteiger partial charge in [-0.15, -0.1) is 0 Å². The molecule has 1 aliphatic heterocycles. The molecule has 0 spiro atoms. The number of hydrogen-bond acceptors (Lipinski definition) is 3. The van der Waals surface area contributed by atoms with Gasteiger partial charge in [0, 0.05) is 36.8 Å². The minimum Gasteiger partial charge on any atom is -0.508 e. The Morgan fingerprint density at radius 3 is 2.28 bits per heavy atom. The zero-order chi connectivity index (χ0) is 13.3. The van der Waals surface area contributed by atoms with Gasteiger partial charge in [0.25, 0.3) is 0 Å². The molecule has 3 atom stereocenters. The number of aromatic hydroxyl groups is 1. The van der Waals surface area contributed by atoms with Crippen LogP contribution in [0.1, 0.15) is 32.4 Å². The van der Waals surface area contributed by atoms with Crippen LogP contribution in [-0.4, -0.2) is 47.1 Å². The largest absolute Gasteiger partial charge is 0.508 e. The summed E-state index contributed by atoms with van der Waals surface area (Å²) in [6, 6.07) is 9.05. The second-order valence-electron chi connectivity index (χ2n) is 5.55. The second kappa shape index (κ2) is 5.29. The van der Waals surface area contributed by atoms with Crippen LogP contribution in [0.2, 0.25) is 0 Å². The average molecular weight is 248 g/mol. The molecule has 3 unspecified atom stereocenters. The van der Waals surface area contributed by atoms with Gasteiger partial charge in [-0.05, 0) is 33.9 Å². The highest BCUT2D eigenvalue weighted by atomic mass is 16.3. The molecule has 0 amide bonds. The van der Waals surface area contributed by atoms with Gasteiger partial charge in [0.1, 0.15) is 5.75 Å². The summed E-state index contributed by atoms with van der Waals surface area (Å²) in [7, 11) is 2.19. The Bertz CT molecular complexity index is 395. The van der Waals surface area contributed by atoms with Crippen LogP contribution >= 0.6 is 0 Å². The number of benzene rings is 1. The van der Waals surface area contributed by atoms with E-state index in [1.807, 2.05) is 18.2 Å². The Morgan fingerprint density at radius 2 is 1.72 bits per heavy atom. The first-order chi connectivity index (χ1) is 8.50. The molecule has 0 radical (unpaired) electrons. The maximum atomic E-state index is 9.96. The summed E-state index contributed by atoms with van der Waals surface area (Å²) in [6.07, 6.45) is 0. The topological polar surface area (TPSA) is 26.7 Å². The minimum absolute atomic E-state index is 0.268. The second-order valence-corrected chi connectivity index (χ2v) is 5.55. The predicted octanol–water partition coefficient (Wildman–Crippen LogP) is 2.48. The van der Waals surface area contributed by atoms with Crippen molar-refractivity contribution in [2.75, 3.05) is 20.1 Å². The van der Waals surface area contributed by atoms with Gasteiger partial charge in [-0.1, -0.05) is 18.2 Å². The summed E-state index contributed by atoms with van der Waals surface area (Å²) >= 11 is 0. The van der Waals surface area contributed by atoms with Crippen molar-refractivity contribution in [2.24, 2.45) is 0 Å². The lowest BCUT2D eigenvalue weighted by Crippen LogP contribution is -2.55. The molecule has 2 rings (SSSR count). The third kappa shape index (κ3) is 2.52. The van der Waals surface area contributed by atoms with Crippen molar-refractivity contribution in [3.8, 4) is 5.75 Å². The van der Waals surface area contributed by atoms with Crippen LogP contribution in [0.15, 0.2) is 24.3 Å². The number of nitrogens with zero attached hydrogens (tertiary/aromatic N) is 2. The van der Waals surface area contributed by atoms with Crippen molar-refractivity contribution in [1.29, 1.82) is 0 Å². The van der Waals surface area contributed by atoms with E-state index in [4.69, 9.17) is 0 Å². The van der Waals surface area contributed by atoms with Crippen molar-refractivity contribution in [1.82, 2.24) is 9.80 Å². The lowest BCUT2D eigenvalue weighted by atomic mass is 10.0. The van der Waals surface area contributed by atoms with E-state index in [2.05, 4.69) is 37.6 Å². The Labute approximate surface area is 110 Å². The van der Waals surface area contributed by atoms with Crippen molar-refractivity contribution < 1.29 is 5.11 Å². The maximum absolute atomic E-state index is 9.96. The molecule has 3 nitrogen and oxygen atoms in total. The Hall–Kier alpha value is -1.06. The first-order valence-electron chi connectivity index (χ1n) is 6.74. The van der Waals surface area contributed by atoms with Gasteiger partial charge in [-0.3, -0.25) is 9.80 Å². The van der Waals surface area contributed by atoms with E-state index in [0.29, 0.717) is 17.8 Å². The number of para-hydroxylation sites is 1. The third-order valence-corrected chi connectivity index (χ3v) is 4.32. The van der Waals surface area contributed by atoms with E-state index < -0.39 is 0 Å². The van der Waals surface area contributed by atoms with Gasteiger partial charge in [-0.2, -0.15) is 0 Å². The van der Waals surface area contributed by atoms with Gasteiger partial charge in [0.2, 0.25) is 0 Å². The number of likely N-dealkylation sites (N-methyl/N-ethyl adjacent to an activating group) is 1. The first-order valence-corrected chi connectivity index (χ1v) is 6.74. The molecule has 0 aliphatic carbocycles. The number of phenols is 1. The van der Waals surface area contributed by atoms with Crippen LogP contribution in [0.3, 0.4) is 0 Å². The van der Waals surface area contributed by atoms with E-state index in [1.54, 1.807) is 6.07 Å². The normalized spacial score (nSPS) is 28.2. The van der Waals surface area contributed by atoms with Gasteiger partial charge in [-0.25, -0.2) is 0 Å². The van der Waals surface area contributed by atoms with E-state index in [1.165, 1.54) is 0 Å². The lowest BCUT2D eigenvalue weighted by Gasteiger charge is -2.45. The number of phenolic OH excluding ortho intramolecular Hbond substituents is 1. The minimum atomic E-state index is 0.268. The van der Waals surface area contributed by atoms with Crippen LogP contribution < -0.4 is 0 Å². The summed E-state index contributed by atoms with van der Waals surface area (Å²) in [5.74, 6) is 0.407. The quantitative estimate of drug-likeness (QED) is 0.871. The average Bonchev–Trinajstić information content (AvgIpc) is 2.35. The summed E-state index contributed by atoms with van der Waals surface area (Å²) in [5, 5.41) is 9.96. The SMILES string of the molecule is CC(c1ccccc1O)N1CC(C)N(C)C(C)C1. The van der Waals surface area contributed by atoms with E-state index in [0.717, 1.165) is 18.7 Å². The standard InChI is InChI=1S/C15H24N2O/c1-11-9-17(10-12(2)16(11)4)13(3)14-7-5-6-8-15(14)18/h5-8,11-13,18H,9-10H2,1-4H3. The van der Waals surface area contributed by atoms with Crippen LogP contribution in [0, 0.1) is 0 Å². The molecular formula is C15H24N2O. The molecular weight excluding hydrogens is 224 g/mol. The van der Waals surface area contributed by atoms with E-state index in [-0.39, 0.29) is 6.04 Å². The third-order valence-electron chi connectivity index (χ3n) is 4.32. The van der Waals surface area contributed by atoms with Crippen molar-refractivity contribution in [3.63, 3.8) is 0 Å². The molecule has 1 aromatic carbocycles. The van der Waals surface area contributed by atoms with Gasteiger partial charge in [0.05, 0.1) is 0 Å². The predicted molar refractivity (Wildman–Crippen MR) is 74.8 cm³/mol. The number of rotatable bonds is 2. The maximum Gasteiger partial charge on any atom is 0.120 e. The van der Waals surface area contributed by atoms with E-state index in [9.17, 15) is 5.11 Å². The number of piperazine rings is 1. The molecule has 1 aliphatic rings. The highest BCUT2D eigenvalue weighted by Crippen LogP contribution is 2.30. The molecule has 18 heavy (non-hydrogen) atoms. The summed E-state index contributed by atoms with van der Waals surface area (Å²) < 4.78 is 0. The van der Waals surface area contributed by atoms with Crippen molar-refractivity contribution >= 4 is 0 Å². The smallest absolute Gasteiger partial charge is 0.120 e. The molecule has 0 aromatic heterocycles. The molecule has 0 bridgehead atoms. The van der Waals surface area contributed by atoms with E-state index >= 15 is 0 Å². The van der Waals surface area contributed by atoms with Crippen LogP contribution in [-0.2, 0) is 0 Å². The fourth-order valence-corrected chi connectivity index (χ4v) is 2.80. The van der Waals surface area contributed by atoms with Gasteiger partial charge >= 0.3 is 0 Å². The zero-order valence-electron chi connectivity index (χ0n) is 11.8. The summed E-state index contributed by atoms with van der Waals surface area (Å²) in [6.45, 7) is 8.81. The highest BCUT2D eigenvalue weighted by molar-refractivity contribution is 5.34. The van der Waals surface area contributed by atoms with Gasteiger partial charge in [0.15, 0.2) is 0 Å². The Morgan fingerprint density at radius 1 is 1.17 bits per heavy atom. The molecule has 100 valence electrons. The highest BCUT2D eigenvalue weighted by Gasteiger charge is 2.30. The first kappa shape index (κ1) is 13.4. The molecule has 0 saturated carbocycles. The molecule has 3 heteroatoms. The molecule has 1 heterocycles. The van der Waals surface area contributed by atoms with Crippen LogP contribution in [0.4, 0.5) is 0 Å². The van der Waals surface area contributed by atoms with Gasteiger partial charge < -0.3 is 5.11 Å². The Kier molecular flexibility index (Phi) is 3.93. The fourth-order valence-electron chi connectivity index (χ4n) is 2.80. The zero-order valence-corrected chi connectivity index (χ0v) is 11.8. The lowest BCUT2D eigenvalue weighted by molar-refractivity contribution is 0.0371. The van der Waals surface area contributed by atoms with Crippen molar-refractivity contribution in [3.05, 3.63) is 29.8 Å². The molecule has 1 saturated heterocycles. The summed E-state index contributed by atoms with van der Waals surface area (Å²) in [4.78, 5) is 4.89.